The lowest BCUT2D eigenvalue weighted by atomic mass is 10.1. The molecule has 8 nitrogen and oxygen atoms in total. The summed E-state index contributed by atoms with van der Waals surface area (Å²) in [5, 5.41) is 3.71. The van der Waals surface area contributed by atoms with Crippen LogP contribution in [-0.2, 0) is 17.9 Å². The molecule has 1 aromatic carbocycles. The molecule has 1 saturated heterocycles. The largest absolute Gasteiger partial charge is 0.480 e. The van der Waals surface area contributed by atoms with E-state index in [1.165, 1.54) is 17.8 Å². The second-order valence-corrected chi connectivity index (χ2v) is 9.05. The molecule has 4 rings (SSSR count). The highest BCUT2D eigenvalue weighted by Crippen LogP contribution is 2.35. The van der Waals surface area contributed by atoms with Crippen LogP contribution in [0.15, 0.2) is 24.3 Å². The molecule has 3 heterocycles. The van der Waals surface area contributed by atoms with Gasteiger partial charge in [-0.05, 0) is 49.4 Å². The summed E-state index contributed by atoms with van der Waals surface area (Å²) >= 11 is 1.30. The molecular formula is C24H28N4O4S. The van der Waals surface area contributed by atoms with Crippen molar-refractivity contribution in [3.05, 3.63) is 51.7 Å². The van der Waals surface area contributed by atoms with Crippen LogP contribution < -0.4 is 10.1 Å². The summed E-state index contributed by atoms with van der Waals surface area (Å²) in [6, 6.07) is 7.47. The molecule has 1 fully saturated rings. The minimum Gasteiger partial charge on any atom is -0.480 e. The third-order valence-corrected chi connectivity index (χ3v) is 6.93. The van der Waals surface area contributed by atoms with E-state index in [0.717, 1.165) is 42.4 Å². The summed E-state index contributed by atoms with van der Waals surface area (Å²) in [6.45, 7) is 4.07. The smallest absolute Gasteiger partial charge is 0.261 e. The number of aromatic nitrogens is 2. The molecule has 0 aliphatic carbocycles. The molecule has 2 amide bonds. The molecule has 1 aliphatic rings. The Morgan fingerprint density at radius 2 is 1.94 bits per heavy atom. The maximum Gasteiger partial charge on any atom is 0.261 e. The van der Waals surface area contributed by atoms with Gasteiger partial charge in [0.15, 0.2) is 5.82 Å². The number of nitrogens with one attached hydrogen (secondary N) is 1. The van der Waals surface area contributed by atoms with E-state index in [2.05, 4.69) is 15.3 Å². The van der Waals surface area contributed by atoms with Gasteiger partial charge in [0.2, 0.25) is 5.88 Å². The predicted molar refractivity (Wildman–Crippen MR) is 127 cm³/mol. The second kappa shape index (κ2) is 10.3. The van der Waals surface area contributed by atoms with Gasteiger partial charge in [0.05, 0.1) is 17.4 Å². The number of nitrogens with zero attached hydrogens (tertiary/aromatic N) is 3. The number of likely N-dealkylation sites (tertiary alicyclic amines) is 1. The van der Waals surface area contributed by atoms with Gasteiger partial charge in [-0.1, -0.05) is 12.1 Å². The second-order valence-electron chi connectivity index (χ2n) is 8.05. The number of piperidine rings is 1. The summed E-state index contributed by atoms with van der Waals surface area (Å²) in [6.07, 6.45) is 3.29. The Bertz CT molecular complexity index is 1170. The monoisotopic (exact) mass is 468 g/mol. The van der Waals surface area contributed by atoms with Crippen LogP contribution in [0.25, 0.3) is 10.2 Å². The van der Waals surface area contributed by atoms with Crippen LogP contribution in [0.1, 0.15) is 56.2 Å². The lowest BCUT2D eigenvalue weighted by Crippen LogP contribution is -2.35. The van der Waals surface area contributed by atoms with Crippen molar-refractivity contribution in [2.24, 2.45) is 0 Å². The number of carbonyl (C=O) groups is 2. The topological polar surface area (TPSA) is 93.7 Å². The maximum absolute atomic E-state index is 13.0. The van der Waals surface area contributed by atoms with E-state index in [-0.39, 0.29) is 18.4 Å². The predicted octanol–water partition coefficient (Wildman–Crippen LogP) is 3.71. The fraction of sp³-hybridized carbons (Fsp3) is 0.417. The van der Waals surface area contributed by atoms with Crippen molar-refractivity contribution in [3.8, 4) is 5.88 Å². The van der Waals surface area contributed by atoms with Gasteiger partial charge < -0.3 is 19.7 Å². The van der Waals surface area contributed by atoms with Crippen molar-refractivity contribution < 1.29 is 19.1 Å². The number of carbonyl (C=O) groups excluding carboxylic acids is 2. The van der Waals surface area contributed by atoms with Gasteiger partial charge in [-0.25, -0.2) is 4.98 Å². The van der Waals surface area contributed by atoms with Gasteiger partial charge in [-0.15, -0.1) is 11.3 Å². The highest BCUT2D eigenvalue weighted by molar-refractivity contribution is 7.20. The van der Waals surface area contributed by atoms with Gasteiger partial charge in [-0.2, -0.15) is 4.98 Å². The highest BCUT2D eigenvalue weighted by Gasteiger charge is 2.22. The Kier molecular flexibility index (Phi) is 7.20. The van der Waals surface area contributed by atoms with Crippen LogP contribution in [-0.4, -0.2) is 54.0 Å². The molecule has 3 aromatic rings. The molecule has 0 spiro atoms. The van der Waals surface area contributed by atoms with Crippen LogP contribution in [0.5, 0.6) is 5.88 Å². The number of rotatable bonds is 7. The van der Waals surface area contributed by atoms with Gasteiger partial charge in [0.25, 0.3) is 11.8 Å². The first-order valence-electron chi connectivity index (χ1n) is 11.0. The van der Waals surface area contributed by atoms with Gasteiger partial charge in [0, 0.05) is 32.3 Å². The minimum absolute atomic E-state index is 0.0563. The molecule has 2 aromatic heterocycles. The minimum atomic E-state index is -0.196. The van der Waals surface area contributed by atoms with Crippen LogP contribution in [0.4, 0.5) is 0 Å². The van der Waals surface area contributed by atoms with Crippen LogP contribution >= 0.6 is 11.3 Å². The Hall–Kier alpha value is -3.04. The molecule has 0 radical (unpaired) electrons. The van der Waals surface area contributed by atoms with Crippen LogP contribution in [0, 0.1) is 6.92 Å². The van der Waals surface area contributed by atoms with Gasteiger partial charge in [0.1, 0.15) is 11.4 Å². The van der Waals surface area contributed by atoms with E-state index in [1.807, 2.05) is 36.1 Å². The number of aryl methyl sites for hydroxylation is 1. The molecule has 174 valence electrons. The van der Waals surface area contributed by atoms with Crippen molar-refractivity contribution in [1.82, 2.24) is 20.2 Å². The number of hydrogen-bond donors (Lipinski definition) is 1. The summed E-state index contributed by atoms with van der Waals surface area (Å²) in [7, 11) is 3.13. The molecule has 1 aliphatic heterocycles. The maximum atomic E-state index is 13.0. The standard InChI is InChI=1S/C24H28N4O4S/c1-15-19-22(32-3)26-18(14-31-2)27-23(19)33-20(15)21(29)25-13-16-8-7-9-17(12-16)24(30)28-10-5-4-6-11-28/h7-9,12H,4-6,10-11,13-14H2,1-3H3,(H,25,29). The number of ether oxygens (including phenoxy) is 2. The molecule has 0 saturated carbocycles. The summed E-state index contributed by atoms with van der Waals surface area (Å²) in [5.74, 6) is 0.799. The Morgan fingerprint density at radius 1 is 1.15 bits per heavy atom. The van der Waals surface area contributed by atoms with Crippen molar-refractivity contribution in [2.45, 2.75) is 39.3 Å². The number of hydrogen-bond acceptors (Lipinski definition) is 7. The Balaban J connectivity index is 1.50. The van der Waals surface area contributed by atoms with E-state index in [1.54, 1.807) is 14.2 Å². The zero-order valence-corrected chi connectivity index (χ0v) is 20.0. The third-order valence-electron chi connectivity index (χ3n) is 5.75. The average molecular weight is 469 g/mol. The van der Waals surface area contributed by atoms with Gasteiger partial charge in [-0.3, -0.25) is 9.59 Å². The molecule has 1 N–H and O–H groups in total. The molecule has 0 bridgehead atoms. The summed E-state index contributed by atoms with van der Waals surface area (Å²) in [4.78, 5) is 37.8. The molecule has 9 heteroatoms. The number of amides is 2. The normalized spacial score (nSPS) is 13.8. The lowest BCUT2D eigenvalue weighted by molar-refractivity contribution is 0.0724. The van der Waals surface area contributed by atoms with Crippen molar-refractivity contribution in [3.63, 3.8) is 0 Å². The average Bonchev–Trinajstić information content (AvgIpc) is 3.19. The summed E-state index contributed by atoms with van der Waals surface area (Å²) in [5.41, 5.74) is 2.32. The molecule has 0 unspecified atom stereocenters. The third kappa shape index (κ3) is 4.99. The number of fused-ring (bicyclic) bond motifs is 1. The van der Waals surface area contributed by atoms with E-state index < -0.39 is 0 Å². The zero-order chi connectivity index (χ0) is 23.4. The fourth-order valence-electron chi connectivity index (χ4n) is 4.06. The first kappa shape index (κ1) is 23.1. The number of thiophene rings is 1. The number of benzene rings is 1. The Labute approximate surface area is 196 Å². The first-order valence-corrected chi connectivity index (χ1v) is 11.8. The van der Waals surface area contributed by atoms with E-state index in [4.69, 9.17) is 9.47 Å². The van der Waals surface area contributed by atoms with Crippen LogP contribution in [0.2, 0.25) is 0 Å². The van der Waals surface area contributed by atoms with Gasteiger partial charge >= 0.3 is 0 Å². The highest BCUT2D eigenvalue weighted by atomic mass is 32.1. The van der Waals surface area contributed by atoms with Crippen LogP contribution in [0.3, 0.4) is 0 Å². The van der Waals surface area contributed by atoms with Crippen molar-refractivity contribution in [1.29, 1.82) is 0 Å². The molecular weight excluding hydrogens is 440 g/mol. The van der Waals surface area contributed by atoms with E-state index in [9.17, 15) is 9.59 Å². The fourth-order valence-corrected chi connectivity index (χ4v) is 5.17. The van der Waals surface area contributed by atoms with Crippen molar-refractivity contribution in [2.75, 3.05) is 27.3 Å². The van der Waals surface area contributed by atoms with Crippen molar-refractivity contribution >= 4 is 33.4 Å². The molecule has 0 atom stereocenters. The number of methoxy groups -OCH3 is 2. The quantitative estimate of drug-likeness (QED) is 0.568. The van der Waals surface area contributed by atoms with E-state index in [0.29, 0.717) is 33.5 Å². The first-order chi connectivity index (χ1) is 16.0. The molecule has 33 heavy (non-hydrogen) atoms. The summed E-state index contributed by atoms with van der Waals surface area (Å²) < 4.78 is 10.6. The van der Waals surface area contributed by atoms with E-state index >= 15 is 0 Å². The SMILES string of the molecule is COCc1nc(OC)c2c(C)c(C(=O)NCc3cccc(C(=O)N4CCCCC4)c3)sc2n1. The zero-order valence-electron chi connectivity index (χ0n) is 19.1. The Morgan fingerprint density at radius 3 is 2.67 bits per heavy atom. The lowest BCUT2D eigenvalue weighted by Gasteiger charge is -2.26.